The minimum absolute atomic E-state index is 0.0615. The fourth-order valence-electron chi connectivity index (χ4n) is 3.56. The Balaban J connectivity index is 1.40. The van der Waals surface area contributed by atoms with Crippen LogP contribution in [0, 0.1) is 13.8 Å². The van der Waals surface area contributed by atoms with Gasteiger partial charge >= 0.3 is 0 Å². The summed E-state index contributed by atoms with van der Waals surface area (Å²) >= 11 is 0. The van der Waals surface area contributed by atoms with Gasteiger partial charge in [-0.3, -0.25) is 4.68 Å². The third kappa shape index (κ3) is 2.86. The smallest absolute Gasteiger partial charge is 0.181 e. The Hall–Kier alpha value is -2.41. The predicted octanol–water partition coefficient (Wildman–Crippen LogP) is 3.20. The molecule has 26 heavy (non-hydrogen) atoms. The molecule has 3 aromatic rings. The lowest BCUT2D eigenvalue weighted by Gasteiger charge is -2.28. The molecule has 1 saturated carbocycles. The number of fused-ring (bicyclic) bond motifs is 1. The highest BCUT2D eigenvalue weighted by molar-refractivity contribution is 5.68. The molecule has 1 saturated heterocycles. The zero-order valence-corrected chi connectivity index (χ0v) is 15.1. The maximum absolute atomic E-state index is 6.01. The second kappa shape index (κ2) is 6.09. The van der Waals surface area contributed by atoms with Crippen molar-refractivity contribution in [3.05, 3.63) is 41.4 Å². The normalized spacial score (nSPS) is 23.5. The van der Waals surface area contributed by atoms with E-state index in [9.17, 15) is 0 Å². The van der Waals surface area contributed by atoms with Crippen LogP contribution in [0.1, 0.15) is 66.5 Å². The molecular formula is C19H22N6O. The second-order valence-corrected chi connectivity index (χ2v) is 7.40. The average molecular weight is 350 g/mol. The Labute approximate surface area is 151 Å². The lowest BCUT2D eigenvalue weighted by Crippen LogP contribution is -2.20. The van der Waals surface area contributed by atoms with Gasteiger partial charge in [0.25, 0.3) is 0 Å². The molecule has 0 N–H and O–H groups in total. The molecule has 2 aliphatic rings. The molecule has 0 radical (unpaired) electrons. The van der Waals surface area contributed by atoms with Gasteiger partial charge in [-0.25, -0.2) is 19.9 Å². The van der Waals surface area contributed by atoms with Crippen molar-refractivity contribution in [2.24, 2.45) is 0 Å². The van der Waals surface area contributed by atoms with E-state index in [0.717, 1.165) is 41.1 Å². The van der Waals surface area contributed by atoms with Crippen LogP contribution in [0.4, 0.5) is 0 Å². The Morgan fingerprint density at radius 2 is 1.88 bits per heavy atom. The van der Waals surface area contributed by atoms with E-state index >= 15 is 0 Å². The molecule has 5 rings (SSSR count). The number of hydrogen-bond acceptors (Lipinski definition) is 6. The summed E-state index contributed by atoms with van der Waals surface area (Å²) in [6, 6.07) is 0.595. The predicted molar refractivity (Wildman–Crippen MR) is 95.8 cm³/mol. The van der Waals surface area contributed by atoms with Crippen molar-refractivity contribution in [1.29, 1.82) is 0 Å². The number of aryl methyl sites for hydroxylation is 2. The Morgan fingerprint density at radius 3 is 2.73 bits per heavy atom. The van der Waals surface area contributed by atoms with Gasteiger partial charge < -0.3 is 4.74 Å². The van der Waals surface area contributed by atoms with Gasteiger partial charge in [-0.15, -0.1) is 0 Å². The fraction of sp³-hybridized carbons (Fsp3) is 0.526. The molecule has 2 fully saturated rings. The molecule has 4 heterocycles. The molecule has 2 atom stereocenters. The highest BCUT2D eigenvalue weighted by atomic mass is 16.5. The third-order valence-electron chi connectivity index (χ3n) is 5.42. The molecular weight excluding hydrogens is 328 g/mol. The third-order valence-corrected chi connectivity index (χ3v) is 5.42. The van der Waals surface area contributed by atoms with Crippen molar-refractivity contribution >= 4 is 11.2 Å². The van der Waals surface area contributed by atoms with E-state index in [4.69, 9.17) is 9.72 Å². The standard InChI is InChI=1S/C19H22N6O/c1-11-12(2)23-19-16(22-11)9-20-18(24-19)13-5-6-26-17(7-13)14-8-21-25(10-14)15-3-4-15/h8-10,13,15,17H,3-7H2,1-2H3/t13-,17+/m1/s1. The maximum atomic E-state index is 6.01. The van der Waals surface area contributed by atoms with Crippen molar-refractivity contribution in [2.45, 2.75) is 57.6 Å². The lowest BCUT2D eigenvalue weighted by molar-refractivity contribution is 0.00395. The summed E-state index contributed by atoms with van der Waals surface area (Å²) in [5.41, 5.74) is 4.44. The van der Waals surface area contributed by atoms with Gasteiger partial charge in [0.05, 0.1) is 35.9 Å². The lowest BCUT2D eigenvalue weighted by atomic mass is 9.92. The van der Waals surface area contributed by atoms with Crippen molar-refractivity contribution in [3.63, 3.8) is 0 Å². The molecule has 134 valence electrons. The highest BCUT2D eigenvalue weighted by Gasteiger charge is 2.30. The molecule has 7 heteroatoms. The SMILES string of the molecule is Cc1nc2cnc([C@@H]3CCO[C@H](c4cnn(C5CC5)c4)C3)nc2nc1C. The number of ether oxygens (including phenoxy) is 1. The van der Waals surface area contributed by atoms with Crippen LogP contribution in [0.5, 0.6) is 0 Å². The Morgan fingerprint density at radius 1 is 1.04 bits per heavy atom. The van der Waals surface area contributed by atoms with Crippen LogP contribution in [0.3, 0.4) is 0 Å². The van der Waals surface area contributed by atoms with Gasteiger partial charge in [-0.05, 0) is 39.5 Å². The van der Waals surface area contributed by atoms with Gasteiger partial charge in [0.15, 0.2) is 5.65 Å². The quantitative estimate of drug-likeness (QED) is 0.722. The van der Waals surface area contributed by atoms with Gasteiger partial charge in [0.2, 0.25) is 0 Å². The highest BCUT2D eigenvalue weighted by Crippen LogP contribution is 2.38. The Kier molecular flexibility index (Phi) is 3.70. The largest absolute Gasteiger partial charge is 0.373 e. The second-order valence-electron chi connectivity index (χ2n) is 7.40. The van der Waals surface area contributed by atoms with Crippen molar-refractivity contribution in [2.75, 3.05) is 6.61 Å². The molecule has 0 unspecified atom stereocenters. The minimum Gasteiger partial charge on any atom is -0.373 e. The minimum atomic E-state index is 0.0615. The van der Waals surface area contributed by atoms with Gasteiger partial charge in [0, 0.05) is 24.3 Å². The molecule has 0 amide bonds. The molecule has 3 aromatic heterocycles. The topological polar surface area (TPSA) is 78.6 Å². The van der Waals surface area contributed by atoms with Crippen LogP contribution >= 0.6 is 0 Å². The van der Waals surface area contributed by atoms with Crippen LogP contribution < -0.4 is 0 Å². The summed E-state index contributed by atoms with van der Waals surface area (Å²) in [4.78, 5) is 18.4. The molecule has 1 aliphatic carbocycles. The molecule has 1 aliphatic heterocycles. The number of hydrogen-bond donors (Lipinski definition) is 0. The van der Waals surface area contributed by atoms with E-state index in [2.05, 4.69) is 30.9 Å². The first kappa shape index (κ1) is 15.8. The van der Waals surface area contributed by atoms with Crippen LogP contribution in [-0.4, -0.2) is 36.3 Å². The summed E-state index contributed by atoms with van der Waals surface area (Å²) in [5, 5.41) is 4.50. The first-order valence-corrected chi connectivity index (χ1v) is 9.31. The first-order chi connectivity index (χ1) is 12.7. The Bertz CT molecular complexity index is 964. The number of rotatable bonds is 3. The van der Waals surface area contributed by atoms with E-state index in [1.807, 2.05) is 20.0 Å². The summed E-state index contributed by atoms with van der Waals surface area (Å²) in [7, 11) is 0. The molecule has 7 nitrogen and oxygen atoms in total. The van der Waals surface area contributed by atoms with Crippen LogP contribution in [0.25, 0.3) is 11.2 Å². The van der Waals surface area contributed by atoms with E-state index in [-0.39, 0.29) is 12.0 Å². The maximum Gasteiger partial charge on any atom is 0.181 e. The summed E-state index contributed by atoms with van der Waals surface area (Å²) in [5.74, 6) is 1.11. The van der Waals surface area contributed by atoms with E-state index in [0.29, 0.717) is 18.3 Å². The summed E-state index contributed by atoms with van der Waals surface area (Å²) in [6.45, 7) is 4.63. The molecule has 0 spiro atoms. The zero-order valence-electron chi connectivity index (χ0n) is 15.1. The average Bonchev–Trinajstić information content (AvgIpc) is 3.39. The van der Waals surface area contributed by atoms with E-state index < -0.39 is 0 Å². The zero-order chi connectivity index (χ0) is 17.7. The van der Waals surface area contributed by atoms with Gasteiger partial charge in [-0.1, -0.05) is 0 Å². The van der Waals surface area contributed by atoms with Crippen molar-refractivity contribution < 1.29 is 4.74 Å². The van der Waals surface area contributed by atoms with Gasteiger partial charge in [-0.2, -0.15) is 5.10 Å². The van der Waals surface area contributed by atoms with E-state index in [1.54, 1.807) is 6.20 Å². The first-order valence-electron chi connectivity index (χ1n) is 9.31. The molecule has 0 aromatic carbocycles. The fourth-order valence-corrected chi connectivity index (χ4v) is 3.56. The van der Waals surface area contributed by atoms with Crippen molar-refractivity contribution in [1.82, 2.24) is 29.7 Å². The van der Waals surface area contributed by atoms with Crippen molar-refractivity contribution in [3.8, 4) is 0 Å². The van der Waals surface area contributed by atoms with E-state index in [1.165, 1.54) is 12.8 Å². The summed E-state index contributed by atoms with van der Waals surface area (Å²) < 4.78 is 8.09. The van der Waals surface area contributed by atoms with Crippen LogP contribution in [0.15, 0.2) is 18.6 Å². The van der Waals surface area contributed by atoms with Gasteiger partial charge in [0.1, 0.15) is 11.3 Å². The monoisotopic (exact) mass is 350 g/mol. The molecule has 0 bridgehead atoms. The number of nitrogens with zero attached hydrogens (tertiary/aromatic N) is 6. The summed E-state index contributed by atoms with van der Waals surface area (Å²) in [6.07, 6.45) is 10.2. The van der Waals surface area contributed by atoms with Crippen LogP contribution in [0.2, 0.25) is 0 Å². The van der Waals surface area contributed by atoms with Crippen LogP contribution in [-0.2, 0) is 4.74 Å². The number of aromatic nitrogens is 6.